The molecule has 0 aliphatic carbocycles. The van der Waals surface area contributed by atoms with Crippen molar-refractivity contribution in [3.63, 3.8) is 0 Å². The molecule has 1 radical (unpaired) electrons. The predicted molar refractivity (Wildman–Crippen MR) is 39.0 cm³/mol. The summed E-state index contributed by atoms with van der Waals surface area (Å²) in [4.78, 5) is 0. The molecule has 0 heterocycles. The Labute approximate surface area is 59.0 Å². The summed E-state index contributed by atoms with van der Waals surface area (Å²) in [6.45, 7) is 1.61. The lowest BCUT2D eigenvalue weighted by Gasteiger charge is -2.12. The third-order valence-corrected chi connectivity index (χ3v) is 0.644. The molecule has 0 aliphatic rings. The van der Waals surface area contributed by atoms with Crippen molar-refractivity contribution in [2.45, 2.75) is 6.92 Å². The van der Waals surface area contributed by atoms with Crippen molar-refractivity contribution < 1.29 is 0 Å². The summed E-state index contributed by atoms with van der Waals surface area (Å²) in [5.74, 6) is -0.377. The van der Waals surface area contributed by atoms with E-state index >= 15 is 0 Å². The molecule has 0 aromatic rings. The molecule has 0 fully saturated rings. The van der Waals surface area contributed by atoms with Crippen LogP contribution in [0.2, 0.25) is 0 Å². The zero-order valence-corrected chi connectivity index (χ0v) is 5.65. The highest BCUT2D eigenvalue weighted by molar-refractivity contribution is 5.79. The Kier molecular flexibility index (Phi) is 3.03. The minimum atomic E-state index is -0.189. The maximum Gasteiger partial charge on any atom is 0.187 e. The van der Waals surface area contributed by atoms with Crippen LogP contribution >= 0.6 is 0 Å². The van der Waals surface area contributed by atoms with Gasteiger partial charge in [-0.15, -0.1) is 0 Å². The van der Waals surface area contributed by atoms with Gasteiger partial charge in [0, 0.05) is 0 Å². The molecule has 0 aromatic heterocycles. The first-order chi connectivity index (χ1) is 4.52. The number of guanidine groups is 2. The van der Waals surface area contributed by atoms with E-state index in [1.54, 1.807) is 6.92 Å². The van der Waals surface area contributed by atoms with Gasteiger partial charge >= 0.3 is 0 Å². The summed E-state index contributed by atoms with van der Waals surface area (Å²) < 4.78 is 0. The molecule has 10 heavy (non-hydrogen) atoms. The molecular formula is C4H11N6. The second-order valence-electron chi connectivity index (χ2n) is 1.70. The Bertz CT molecular complexity index is 125. The molecule has 0 spiro atoms. The van der Waals surface area contributed by atoms with E-state index in [1.165, 1.54) is 0 Å². The molecule has 6 nitrogen and oxygen atoms in total. The maximum absolute atomic E-state index is 6.76. The quantitative estimate of drug-likeness (QED) is 0.207. The lowest BCUT2D eigenvalue weighted by atomic mass is 10.5. The van der Waals surface area contributed by atoms with Gasteiger partial charge in [-0.2, -0.15) is 0 Å². The lowest BCUT2D eigenvalue weighted by molar-refractivity contribution is 0.783. The number of hydrogen-bond donors (Lipinski definition) is 6. The van der Waals surface area contributed by atoms with Gasteiger partial charge in [0.1, 0.15) is 0 Å². The normalized spacial score (nSPS) is 9.00. The van der Waals surface area contributed by atoms with Gasteiger partial charge < -0.3 is 22.1 Å². The fourth-order valence-electron chi connectivity index (χ4n) is 0.435. The summed E-state index contributed by atoms with van der Waals surface area (Å²) in [6.07, 6.45) is 0.458. The molecule has 0 unspecified atom stereocenters. The van der Waals surface area contributed by atoms with Crippen LogP contribution in [0.25, 0.3) is 0 Å². The average Bonchev–Trinajstić information content (AvgIpc) is 1.58. The summed E-state index contributed by atoms with van der Waals surface area (Å²) in [6, 6.07) is 0. The Hall–Kier alpha value is -1.46. The van der Waals surface area contributed by atoms with Gasteiger partial charge in [-0.3, -0.25) is 10.8 Å². The van der Waals surface area contributed by atoms with Crippen molar-refractivity contribution in [3.05, 3.63) is 6.17 Å². The number of nitrogens with one attached hydrogen (secondary N) is 4. The monoisotopic (exact) mass is 143 g/mol. The first kappa shape index (κ1) is 8.54. The van der Waals surface area contributed by atoms with Crippen molar-refractivity contribution in [1.29, 1.82) is 10.8 Å². The standard InChI is InChI=1S/C4H11N6/c1-2(9-3(5)6)10-4(7)8/h1H3,(H4,5,6,9)(H4,7,8,10). The first-order valence-electron chi connectivity index (χ1n) is 2.58. The highest BCUT2D eigenvalue weighted by Gasteiger charge is 2.01. The topological polar surface area (TPSA) is 124 Å². The van der Waals surface area contributed by atoms with Crippen LogP contribution in [0.4, 0.5) is 0 Å². The molecule has 0 amide bonds. The number of rotatable bonds is 2. The molecule has 0 saturated carbocycles. The fourth-order valence-corrected chi connectivity index (χ4v) is 0.435. The summed E-state index contributed by atoms with van der Waals surface area (Å²) in [5, 5.41) is 18.4. The van der Waals surface area contributed by atoms with Crippen LogP contribution in [0, 0.1) is 17.0 Å². The van der Waals surface area contributed by atoms with E-state index in [0.29, 0.717) is 6.17 Å². The molecule has 57 valence electrons. The minimum absolute atomic E-state index is 0.189. The van der Waals surface area contributed by atoms with Crippen LogP contribution in [-0.2, 0) is 0 Å². The highest BCUT2D eigenvalue weighted by Crippen LogP contribution is 1.80. The van der Waals surface area contributed by atoms with Gasteiger partial charge in [0.25, 0.3) is 0 Å². The molecule has 0 rings (SSSR count). The van der Waals surface area contributed by atoms with Gasteiger partial charge in [-0.1, -0.05) is 0 Å². The molecule has 0 bridgehead atoms. The lowest BCUT2D eigenvalue weighted by Crippen LogP contribution is -2.44. The van der Waals surface area contributed by atoms with E-state index in [4.69, 9.17) is 22.3 Å². The summed E-state index contributed by atoms with van der Waals surface area (Å²) >= 11 is 0. The van der Waals surface area contributed by atoms with Crippen LogP contribution in [0.5, 0.6) is 0 Å². The van der Waals surface area contributed by atoms with E-state index < -0.39 is 0 Å². The Balaban J connectivity index is 3.53. The van der Waals surface area contributed by atoms with Crippen molar-refractivity contribution in [1.82, 2.24) is 10.6 Å². The minimum Gasteiger partial charge on any atom is -0.370 e. The molecule has 6 heteroatoms. The molecular weight excluding hydrogens is 132 g/mol. The van der Waals surface area contributed by atoms with Crippen LogP contribution in [0.3, 0.4) is 0 Å². The summed E-state index contributed by atoms with van der Waals surface area (Å²) in [7, 11) is 0. The van der Waals surface area contributed by atoms with Crippen molar-refractivity contribution >= 4 is 11.9 Å². The van der Waals surface area contributed by atoms with Crippen LogP contribution < -0.4 is 22.1 Å². The zero-order chi connectivity index (χ0) is 8.15. The molecule has 0 aromatic carbocycles. The van der Waals surface area contributed by atoms with E-state index in [9.17, 15) is 0 Å². The molecule has 8 N–H and O–H groups in total. The number of nitrogens with two attached hydrogens (primary N) is 2. The van der Waals surface area contributed by atoms with Crippen LogP contribution in [0.1, 0.15) is 6.92 Å². The van der Waals surface area contributed by atoms with E-state index in [1.807, 2.05) is 0 Å². The Morgan fingerprint density at radius 2 is 1.40 bits per heavy atom. The SMILES string of the molecule is C[C](NC(=N)N)NC(=N)N. The Morgan fingerprint density at radius 3 is 1.60 bits per heavy atom. The van der Waals surface area contributed by atoms with Crippen molar-refractivity contribution in [2.75, 3.05) is 0 Å². The summed E-state index contributed by atoms with van der Waals surface area (Å²) in [5.41, 5.74) is 9.94. The maximum atomic E-state index is 6.76. The van der Waals surface area contributed by atoms with Crippen molar-refractivity contribution in [2.24, 2.45) is 11.5 Å². The van der Waals surface area contributed by atoms with E-state index in [0.717, 1.165) is 0 Å². The van der Waals surface area contributed by atoms with Gasteiger partial charge in [0.2, 0.25) is 0 Å². The fraction of sp³-hybridized carbons (Fsp3) is 0.250. The van der Waals surface area contributed by atoms with Gasteiger partial charge in [-0.25, -0.2) is 0 Å². The van der Waals surface area contributed by atoms with E-state index in [2.05, 4.69) is 10.6 Å². The van der Waals surface area contributed by atoms with Gasteiger partial charge in [-0.05, 0) is 6.92 Å². The van der Waals surface area contributed by atoms with E-state index in [-0.39, 0.29) is 11.9 Å². The second-order valence-corrected chi connectivity index (χ2v) is 1.70. The van der Waals surface area contributed by atoms with Gasteiger partial charge in [0.15, 0.2) is 18.1 Å². The first-order valence-corrected chi connectivity index (χ1v) is 2.58. The largest absolute Gasteiger partial charge is 0.370 e. The molecule has 0 saturated heterocycles. The van der Waals surface area contributed by atoms with Gasteiger partial charge in [0.05, 0.1) is 0 Å². The Morgan fingerprint density at radius 1 is 1.10 bits per heavy atom. The van der Waals surface area contributed by atoms with Crippen molar-refractivity contribution in [3.8, 4) is 0 Å². The smallest absolute Gasteiger partial charge is 0.187 e. The average molecular weight is 143 g/mol. The third-order valence-electron chi connectivity index (χ3n) is 0.644. The highest BCUT2D eigenvalue weighted by atomic mass is 15.2. The third kappa shape index (κ3) is 4.69. The van der Waals surface area contributed by atoms with Crippen LogP contribution in [0.15, 0.2) is 0 Å². The molecule has 0 atom stereocenters. The predicted octanol–water partition coefficient (Wildman–Crippen LogP) is -1.54. The number of hydrogen-bond acceptors (Lipinski definition) is 2. The van der Waals surface area contributed by atoms with Crippen LogP contribution in [-0.4, -0.2) is 11.9 Å². The second kappa shape index (κ2) is 3.54. The zero-order valence-electron chi connectivity index (χ0n) is 5.65. The molecule has 0 aliphatic heterocycles.